The molecule has 0 aliphatic heterocycles. The number of rotatable bonds is 3. The second kappa shape index (κ2) is 5.75. The lowest BCUT2D eigenvalue weighted by Crippen LogP contribution is -2.22. The molecule has 0 saturated heterocycles. The molecule has 0 heterocycles. The molecule has 0 spiro atoms. The Hall–Kier alpha value is -2.02. The molecule has 1 nitrogen and oxygen atoms in total. The predicted octanol–water partition coefficient (Wildman–Crippen LogP) is 4.96. The third-order valence-electron chi connectivity index (χ3n) is 3.53. The lowest BCUT2D eigenvalue weighted by molar-refractivity contribution is 0.887. The molecule has 2 aliphatic carbocycles. The quantitative estimate of drug-likeness (QED) is 0.731. The fourth-order valence-corrected chi connectivity index (χ4v) is 2.60. The van der Waals surface area contributed by atoms with E-state index in [0.29, 0.717) is 0 Å². The zero-order valence-electron chi connectivity index (χ0n) is 11.1. The summed E-state index contributed by atoms with van der Waals surface area (Å²) in [5.74, 6) is 0. The average molecular weight is 249 g/mol. The molecule has 0 bridgehead atoms. The van der Waals surface area contributed by atoms with Crippen molar-refractivity contribution >= 4 is 5.69 Å². The van der Waals surface area contributed by atoms with Crippen LogP contribution in [0.15, 0.2) is 78.2 Å². The Kier molecular flexibility index (Phi) is 3.64. The summed E-state index contributed by atoms with van der Waals surface area (Å²) in [7, 11) is 0. The third kappa shape index (κ3) is 2.70. The number of anilines is 1. The zero-order valence-corrected chi connectivity index (χ0v) is 11.1. The van der Waals surface area contributed by atoms with E-state index in [4.69, 9.17) is 0 Å². The van der Waals surface area contributed by atoms with Crippen molar-refractivity contribution in [3.05, 3.63) is 78.2 Å². The summed E-state index contributed by atoms with van der Waals surface area (Å²) in [6.45, 7) is 0. The van der Waals surface area contributed by atoms with Crippen LogP contribution in [0.25, 0.3) is 0 Å². The van der Waals surface area contributed by atoms with Gasteiger partial charge >= 0.3 is 0 Å². The molecular formula is C18H19N. The van der Waals surface area contributed by atoms with Crippen LogP contribution < -0.4 is 4.90 Å². The molecule has 0 N–H and O–H groups in total. The molecule has 1 aromatic rings. The van der Waals surface area contributed by atoms with E-state index in [1.54, 1.807) is 0 Å². The molecular weight excluding hydrogens is 230 g/mol. The summed E-state index contributed by atoms with van der Waals surface area (Å²) in [5.41, 5.74) is 3.94. The van der Waals surface area contributed by atoms with E-state index in [1.807, 2.05) is 0 Å². The van der Waals surface area contributed by atoms with Gasteiger partial charge in [0.1, 0.15) is 0 Å². The van der Waals surface area contributed by atoms with E-state index in [0.717, 1.165) is 25.7 Å². The maximum absolute atomic E-state index is 2.39. The van der Waals surface area contributed by atoms with Crippen molar-refractivity contribution in [2.45, 2.75) is 25.7 Å². The average Bonchev–Trinajstić information content (AvgIpc) is 2.51. The summed E-state index contributed by atoms with van der Waals surface area (Å²) in [4.78, 5) is 2.39. The van der Waals surface area contributed by atoms with Gasteiger partial charge in [0.05, 0.1) is 0 Å². The maximum atomic E-state index is 2.39. The molecule has 3 rings (SSSR count). The Morgan fingerprint density at radius 2 is 1.79 bits per heavy atom. The second-order valence-electron chi connectivity index (χ2n) is 4.90. The Bertz CT molecular complexity index is 546. The van der Waals surface area contributed by atoms with Gasteiger partial charge in [0.2, 0.25) is 0 Å². The van der Waals surface area contributed by atoms with Crippen LogP contribution in [0.1, 0.15) is 25.7 Å². The van der Waals surface area contributed by atoms with E-state index in [-0.39, 0.29) is 0 Å². The number of nitrogens with zero attached hydrogens (tertiary/aromatic N) is 1. The molecule has 96 valence electrons. The van der Waals surface area contributed by atoms with Crippen molar-refractivity contribution in [3.63, 3.8) is 0 Å². The van der Waals surface area contributed by atoms with Gasteiger partial charge in [-0.15, -0.1) is 0 Å². The van der Waals surface area contributed by atoms with E-state index < -0.39 is 0 Å². The molecule has 0 saturated carbocycles. The first-order chi connectivity index (χ1) is 9.45. The number of hydrogen-bond donors (Lipinski definition) is 0. The van der Waals surface area contributed by atoms with Crippen molar-refractivity contribution < 1.29 is 0 Å². The largest absolute Gasteiger partial charge is 0.315 e. The van der Waals surface area contributed by atoms with Crippen molar-refractivity contribution in [2.75, 3.05) is 4.90 Å². The van der Waals surface area contributed by atoms with Gasteiger partial charge in [0.15, 0.2) is 0 Å². The first-order valence-corrected chi connectivity index (χ1v) is 7.03. The van der Waals surface area contributed by atoms with Gasteiger partial charge in [0.25, 0.3) is 0 Å². The smallest absolute Gasteiger partial charge is 0.0458 e. The summed E-state index contributed by atoms with van der Waals surface area (Å²) in [5, 5.41) is 0. The van der Waals surface area contributed by atoms with Crippen LogP contribution in [0, 0.1) is 0 Å². The molecule has 1 heteroatoms. The Morgan fingerprint density at radius 1 is 0.895 bits per heavy atom. The monoisotopic (exact) mass is 249 g/mol. The Balaban J connectivity index is 2.00. The van der Waals surface area contributed by atoms with E-state index in [2.05, 4.69) is 71.7 Å². The minimum atomic E-state index is 1.11. The maximum Gasteiger partial charge on any atom is 0.0458 e. The Morgan fingerprint density at radius 3 is 2.47 bits per heavy atom. The van der Waals surface area contributed by atoms with Crippen LogP contribution in [-0.2, 0) is 0 Å². The molecule has 0 unspecified atom stereocenters. The van der Waals surface area contributed by atoms with Gasteiger partial charge in [-0.05, 0) is 50.0 Å². The number of allylic oxidation sites excluding steroid dienone is 7. The highest BCUT2D eigenvalue weighted by atomic mass is 15.2. The number of benzene rings is 1. The topological polar surface area (TPSA) is 3.24 Å². The molecule has 0 amide bonds. The van der Waals surface area contributed by atoms with Gasteiger partial charge in [-0.3, -0.25) is 0 Å². The Labute approximate surface area is 115 Å². The van der Waals surface area contributed by atoms with Gasteiger partial charge in [-0.25, -0.2) is 0 Å². The van der Waals surface area contributed by atoms with E-state index >= 15 is 0 Å². The van der Waals surface area contributed by atoms with E-state index in [9.17, 15) is 0 Å². The van der Waals surface area contributed by atoms with Crippen LogP contribution in [0.5, 0.6) is 0 Å². The van der Waals surface area contributed by atoms with Crippen LogP contribution in [0.4, 0.5) is 5.69 Å². The van der Waals surface area contributed by atoms with Crippen LogP contribution in [0.3, 0.4) is 0 Å². The van der Waals surface area contributed by atoms with Crippen molar-refractivity contribution in [3.8, 4) is 0 Å². The fraction of sp³-hybridized carbons (Fsp3) is 0.222. The molecule has 0 fully saturated rings. The van der Waals surface area contributed by atoms with Gasteiger partial charge in [-0.1, -0.05) is 42.5 Å². The van der Waals surface area contributed by atoms with Crippen LogP contribution in [0.2, 0.25) is 0 Å². The van der Waals surface area contributed by atoms with Crippen LogP contribution in [-0.4, -0.2) is 0 Å². The summed E-state index contributed by atoms with van der Waals surface area (Å²) in [6, 6.07) is 10.6. The lowest BCUT2D eigenvalue weighted by Gasteiger charge is -2.30. The van der Waals surface area contributed by atoms with Gasteiger partial charge in [-0.2, -0.15) is 0 Å². The third-order valence-corrected chi connectivity index (χ3v) is 3.53. The highest BCUT2D eigenvalue weighted by Gasteiger charge is 2.16. The first kappa shape index (κ1) is 12.0. The summed E-state index contributed by atoms with van der Waals surface area (Å²) in [6.07, 6.45) is 18.0. The second-order valence-corrected chi connectivity index (χ2v) is 4.90. The minimum absolute atomic E-state index is 1.11. The molecule has 0 radical (unpaired) electrons. The normalized spacial score (nSPS) is 17.9. The molecule has 19 heavy (non-hydrogen) atoms. The zero-order chi connectivity index (χ0) is 12.9. The van der Waals surface area contributed by atoms with E-state index in [1.165, 1.54) is 17.1 Å². The fourth-order valence-electron chi connectivity index (χ4n) is 2.60. The lowest BCUT2D eigenvalue weighted by atomic mass is 10.1. The molecule has 1 aromatic carbocycles. The predicted molar refractivity (Wildman–Crippen MR) is 81.8 cm³/mol. The number of para-hydroxylation sites is 1. The highest BCUT2D eigenvalue weighted by molar-refractivity contribution is 5.61. The number of hydrogen-bond acceptors (Lipinski definition) is 1. The van der Waals surface area contributed by atoms with Crippen LogP contribution >= 0.6 is 0 Å². The first-order valence-electron chi connectivity index (χ1n) is 7.03. The minimum Gasteiger partial charge on any atom is -0.315 e. The van der Waals surface area contributed by atoms with Crippen molar-refractivity contribution in [1.29, 1.82) is 0 Å². The SMILES string of the molecule is C1=CCCC(N(C2=CCCC=C2)c2ccccc2)=C1. The highest BCUT2D eigenvalue weighted by Crippen LogP contribution is 2.30. The van der Waals surface area contributed by atoms with Crippen molar-refractivity contribution in [1.82, 2.24) is 0 Å². The van der Waals surface area contributed by atoms with Gasteiger partial charge < -0.3 is 4.90 Å². The van der Waals surface area contributed by atoms with Crippen molar-refractivity contribution in [2.24, 2.45) is 0 Å². The molecule has 0 atom stereocenters. The molecule has 0 aromatic heterocycles. The molecule has 2 aliphatic rings. The standard InChI is InChI=1S/C18H19N/c1-4-10-16(11-5-1)19(17-12-6-2-7-13-17)18-14-8-3-9-15-18/h1-2,4-6,8,10-12,14-15H,3,7,9,13H2. The summed E-state index contributed by atoms with van der Waals surface area (Å²) >= 11 is 0. The summed E-state index contributed by atoms with van der Waals surface area (Å²) < 4.78 is 0. The van der Waals surface area contributed by atoms with Gasteiger partial charge in [0, 0.05) is 17.1 Å².